The summed E-state index contributed by atoms with van der Waals surface area (Å²) in [6.45, 7) is 7.36. The summed E-state index contributed by atoms with van der Waals surface area (Å²) in [5.74, 6) is -0.0727. The Morgan fingerprint density at radius 1 is 1.07 bits per heavy atom. The molecule has 4 rings (SSSR count). The second kappa shape index (κ2) is 7.57. The fraction of sp³-hybridized carbons (Fsp3) is 0.318. The SMILES string of the molecule is Cc1ccc2sc(N(CCN(C)C)C(=O)c3c(C)nc4ccccn34)nc2c1C. The normalized spacial score (nSPS) is 11.7. The summed E-state index contributed by atoms with van der Waals surface area (Å²) in [4.78, 5) is 27.0. The minimum Gasteiger partial charge on any atom is -0.308 e. The Hall–Kier alpha value is -2.77. The summed E-state index contributed by atoms with van der Waals surface area (Å²) >= 11 is 1.56. The van der Waals surface area contributed by atoms with Crippen molar-refractivity contribution in [2.45, 2.75) is 20.8 Å². The molecule has 0 aliphatic carbocycles. The van der Waals surface area contributed by atoms with Crippen LogP contribution < -0.4 is 4.90 Å². The van der Waals surface area contributed by atoms with Crippen LogP contribution in [-0.2, 0) is 0 Å². The zero-order valence-electron chi connectivity index (χ0n) is 17.4. The van der Waals surface area contributed by atoms with E-state index in [2.05, 4.69) is 35.9 Å². The predicted molar refractivity (Wildman–Crippen MR) is 119 cm³/mol. The molecule has 3 aromatic heterocycles. The Labute approximate surface area is 174 Å². The third kappa shape index (κ3) is 3.52. The number of pyridine rings is 1. The standard InChI is InChI=1S/C22H25N5OS/c1-14-9-10-17-19(15(14)2)24-22(29-17)27(13-12-25(4)5)21(28)20-16(3)23-18-8-6-7-11-26(18)20/h6-11H,12-13H2,1-5H3. The molecule has 0 unspecified atom stereocenters. The maximum absolute atomic E-state index is 13.7. The number of aromatic nitrogens is 3. The number of amides is 1. The van der Waals surface area contributed by atoms with Crippen LogP contribution in [0.5, 0.6) is 0 Å². The maximum Gasteiger partial charge on any atom is 0.279 e. The highest BCUT2D eigenvalue weighted by atomic mass is 32.1. The first kappa shape index (κ1) is 19.5. The molecule has 0 saturated heterocycles. The Bertz CT molecular complexity index is 1210. The van der Waals surface area contributed by atoms with Crippen LogP contribution in [0.1, 0.15) is 27.3 Å². The molecule has 4 aromatic rings. The van der Waals surface area contributed by atoms with Crippen LogP contribution in [0.25, 0.3) is 15.9 Å². The Morgan fingerprint density at radius 3 is 2.62 bits per heavy atom. The molecule has 0 saturated carbocycles. The van der Waals surface area contributed by atoms with E-state index in [-0.39, 0.29) is 5.91 Å². The molecule has 3 heterocycles. The molecule has 29 heavy (non-hydrogen) atoms. The van der Waals surface area contributed by atoms with E-state index in [1.54, 1.807) is 16.2 Å². The number of likely N-dealkylation sites (N-methyl/N-ethyl adjacent to an activating group) is 1. The molecule has 0 atom stereocenters. The van der Waals surface area contributed by atoms with Gasteiger partial charge in [0.25, 0.3) is 5.91 Å². The van der Waals surface area contributed by atoms with Crippen LogP contribution in [0, 0.1) is 20.8 Å². The van der Waals surface area contributed by atoms with Gasteiger partial charge in [-0.2, -0.15) is 0 Å². The van der Waals surface area contributed by atoms with E-state index in [1.165, 1.54) is 5.56 Å². The van der Waals surface area contributed by atoms with Gasteiger partial charge in [0.1, 0.15) is 11.3 Å². The summed E-state index contributed by atoms with van der Waals surface area (Å²) in [7, 11) is 4.02. The van der Waals surface area contributed by atoms with Gasteiger partial charge < -0.3 is 4.90 Å². The van der Waals surface area contributed by atoms with Crippen LogP contribution in [0.3, 0.4) is 0 Å². The molecule has 0 spiro atoms. The number of fused-ring (bicyclic) bond motifs is 2. The second-order valence-corrected chi connectivity index (χ2v) is 8.59. The van der Waals surface area contributed by atoms with Crippen molar-refractivity contribution >= 4 is 38.2 Å². The largest absolute Gasteiger partial charge is 0.308 e. The van der Waals surface area contributed by atoms with E-state index in [0.29, 0.717) is 12.2 Å². The Kier molecular flexibility index (Phi) is 5.10. The number of hydrogen-bond donors (Lipinski definition) is 0. The molecule has 0 aliphatic heterocycles. The summed E-state index contributed by atoms with van der Waals surface area (Å²) < 4.78 is 2.96. The van der Waals surface area contributed by atoms with Gasteiger partial charge in [-0.25, -0.2) is 9.97 Å². The summed E-state index contributed by atoms with van der Waals surface area (Å²) in [5.41, 5.74) is 5.43. The third-order valence-corrected chi connectivity index (χ3v) is 6.27. The zero-order chi connectivity index (χ0) is 20.7. The third-order valence-electron chi connectivity index (χ3n) is 5.23. The van der Waals surface area contributed by atoms with Crippen molar-refractivity contribution in [3.63, 3.8) is 0 Å². The topological polar surface area (TPSA) is 53.7 Å². The second-order valence-electron chi connectivity index (χ2n) is 7.59. The number of carbonyl (C=O) groups excluding carboxylic acids is 1. The van der Waals surface area contributed by atoms with Gasteiger partial charge in [-0.05, 0) is 64.2 Å². The van der Waals surface area contributed by atoms with Crippen molar-refractivity contribution in [1.29, 1.82) is 0 Å². The van der Waals surface area contributed by atoms with E-state index in [1.807, 2.05) is 49.8 Å². The number of imidazole rings is 1. The first-order valence-electron chi connectivity index (χ1n) is 9.64. The van der Waals surface area contributed by atoms with Gasteiger partial charge in [0.15, 0.2) is 5.13 Å². The van der Waals surface area contributed by atoms with Crippen molar-refractivity contribution in [2.75, 3.05) is 32.1 Å². The maximum atomic E-state index is 13.7. The molecule has 0 radical (unpaired) electrons. The van der Waals surface area contributed by atoms with Gasteiger partial charge in [0, 0.05) is 19.3 Å². The molecule has 0 N–H and O–H groups in total. The average molecular weight is 408 g/mol. The molecule has 7 heteroatoms. The van der Waals surface area contributed by atoms with E-state index in [9.17, 15) is 4.79 Å². The van der Waals surface area contributed by atoms with Crippen LogP contribution in [0.15, 0.2) is 36.5 Å². The van der Waals surface area contributed by atoms with Gasteiger partial charge in [-0.15, -0.1) is 0 Å². The molecule has 0 fully saturated rings. The highest BCUT2D eigenvalue weighted by Crippen LogP contribution is 2.33. The van der Waals surface area contributed by atoms with Crippen molar-refractivity contribution in [3.8, 4) is 0 Å². The number of benzene rings is 1. The Morgan fingerprint density at radius 2 is 1.86 bits per heavy atom. The smallest absolute Gasteiger partial charge is 0.279 e. The van der Waals surface area contributed by atoms with Crippen LogP contribution >= 0.6 is 11.3 Å². The van der Waals surface area contributed by atoms with Gasteiger partial charge in [-0.1, -0.05) is 23.5 Å². The number of nitrogens with zero attached hydrogens (tertiary/aromatic N) is 5. The summed E-state index contributed by atoms with van der Waals surface area (Å²) in [6, 6.07) is 9.96. The number of rotatable bonds is 5. The van der Waals surface area contributed by atoms with Gasteiger partial charge in [0.2, 0.25) is 0 Å². The van der Waals surface area contributed by atoms with Crippen LogP contribution in [0.2, 0.25) is 0 Å². The van der Waals surface area contributed by atoms with Gasteiger partial charge in [0.05, 0.1) is 15.9 Å². The van der Waals surface area contributed by atoms with Crippen molar-refractivity contribution in [2.24, 2.45) is 0 Å². The van der Waals surface area contributed by atoms with Crippen molar-refractivity contribution < 1.29 is 4.79 Å². The first-order valence-corrected chi connectivity index (χ1v) is 10.5. The molecule has 150 valence electrons. The highest BCUT2D eigenvalue weighted by molar-refractivity contribution is 7.22. The molecular weight excluding hydrogens is 382 g/mol. The summed E-state index contributed by atoms with van der Waals surface area (Å²) in [5, 5.41) is 0.728. The first-order chi connectivity index (χ1) is 13.9. The molecule has 0 bridgehead atoms. The minimum absolute atomic E-state index is 0.0727. The zero-order valence-corrected chi connectivity index (χ0v) is 18.2. The lowest BCUT2D eigenvalue weighted by Crippen LogP contribution is -2.37. The van der Waals surface area contributed by atoms with E-state index < -0.39 is 0 Å². The molecular formula is C22H25N5OS. The van der Waals surface area contributed by atoms with Crippen LogP contribution in [0.4, 0.5) is 5.13 Å². The number of carbonyl (C=O) groups is 1. The number of aryl methyl sites for hydroxylation is 3. The quantitative estimate of drug-likeness (QED) is 0.500. The predicted octanol–water partition coefficient (Wildman–Crippen LogP) is 4.08. The Balaban J connectivity index is 1.82. The van der Waals surface area contributed by atoms with Crippen molar-refractivity contribution in [1.82, 2.24) is 19.3 Å². The molecule has 0 aliphatic rings. The lowest BCUT2D eigenvalue weighted by molar-refractivity contribution is 0.0979. The highest BCUT2D eigenvalue weighted by Gasteiger charge is 2.26. The molecule has 6 nitrogen and oxygen atoms in total. The van der Waals surface area contributed by atoms with E-state index in [0.717, 1.165) is 38.8 Å². The lowest BCUT2D eigenvalue weighted by atomic mass is 10.1. The minimum atomic E-state index is -0.0727. The van der Waals surface area contributed by atoms with Gasteiger partial charge >= 0.3 is 0 Å². The summed E-state index contributed by atoms with van der Waals surface area (Å²) in [6.07, 6.45) is 1.89. The van der Waals surface area contributed by atoms with E-state index >= 15 is 0 Å². The van der Waals surface area contributed by atoms with Crippen molar-refractivity contribution in [3.05, 3.63) is 59.0 Å². The van der Waals surface area contributed by atoms with Gasteiger partial charge in [-0.3, -0.25) is 14.1 Å². The number of anilines is 1. The monoisotopic (exact) mass is 407 g/mol. The molecule has 1 aromatic carbocycles. The van der Waals surface area contributed by atoms with E-state index in [4.69, 9.17) is 4.98 Å². The number of thiazole rings is 1. The number of hydrogen-bond acceptors (Lipinski definition) is 5. The lowest BCUT2D eigenvalue weighted by Gasteiger charge is -2.22. The molecule has 1 amide bonds. The fourth-order valence-electron chi connectivity index (χ4n) is 3.41. The average Bonchev–Trinajstić information content (AvgIpc) is 3.25. The fourth-order valence-corrected chi connectivity index (χ4v) is 4.46. The van der Waals surface area contributed by atoms with Crippen LogP contribution in [-0.4, -0.2) is 52.4 Å².